The number of nitrogens with zero attached hydrogens (tertiary/aromatic N) is 4. The van der Waals surface area contributed by atoms with Crippen LogP contribution in [0.3, 0.4) is 0 Å². The first-order valence-corrected chi connectivity index (χ1v) is 6.66. The number of fused-ring (bicyclic) bond motifs is 2. The Labute approximate surface area is 120 Å². The number of aromatic nitrogens is 4. The molecule has 0 spiro atoms. The topological polar surface area (TPSA) is 70.0 Å². The smallest absolute Gasteiger partial charge is 0.198 e. The average Bonchev–Trinajstić information content (AvgIpc) is 2.54. The van der Waals surface area contributed by atoms with Gasteiger partial charge in [-0.2, -0.15) is 0 Å². The monoisotopic (exact) mass is 280 g/mol. The fraction of sp³-hybridized carbons (Fsp3) is 0.200. The molecule has 4 rings (SSSR count). The highest BCUT2D eigenvalue weighted by atomic mass is 16.6. The van der Waals surface area contributed by atoms with Crippen molar-refractivity contribution in [1.82, 2.24) is 19.9 Å². The number of hydrogen-bond acceptors (Lipinski definition) is 6. The summed E-state index contributed by atoms with van der Waals surface area (Å²) in [5, 5.41) is 0. The van der Waals surface area contributed by atoms with Gasteiger partial charge < -0.3 is 9.47 Å². The lowest BCUT2D eigenvalue weighted by atomic mass is 10.1. The number of benzene rings is 1. The van der Waals surface area contributed by atoms with Crippen LogP contribution in [-0.4, -0.2) is 33.1 Å². The molecule has 0 radical (unpaired) electrons. The Hall–Kier alpha value is -2.76. The molecule has 1 aromatic carbocycles. The van der Waals surface area contributed by atoms with Gasteiger partial charge in [-0.1, -0.05) is 0 Å². The number of aryl methyl sites for hydroxylation is 1. The third-order valence-electron chi connectivity index (χ3n) is 3.23. The Morgan fingerprint density at radius 2 is 1.67 bits per heavy atom. The van der Waals surface area contributed by atoms with E-state index in [-0.39, 0.29) is 0 Å². The van der Waals surface area contributed by atoms with E-state index < -0.39 is 0 Å². The van der Waals surface area contributed by atoms with Gasteiger partial charge in [0.1, 0.15) is 13.2 Å². The van der Waals surface area contributed by atoms with Crippen molar-refractivity contribution >= 4 is 11.3 Å². The van der Waals surface area contributed by atoms with Gasteiger partial charge >= 0.3 is 0 Å². The molecule has 0 aliphatic carbocycles. The molecule has 0 saturated heterocycles. The number of ether oxygens (including phenoxy) is 2. The summed E-state index contributed by atoms with van der Waals surface area (Å²) >= 11 is 0. The Balaban J connectivity index is 1.80. The molecule has 6 nitrogen and oxygen atoms in total. The van der Waals surface area contributed by atoms with Gasteiger partial charge in [0.15, 0.2) is 22.8 Å². The van der Waals surface area contributed by atoms with E-state index in [1.54, 1.807) is 12.4 Å². The van der Waals surface area contributed by atoms with Crippen molar-refractivity contribution in [3.05, 3.63) is 36.3 Å². The largest absolute Gasteiger partial charge is 0.486 e. The summed E-state index contributed by atoms with van der Waals surface area (Å²) in [6, 6.07) is 5.73. The average molecular weight is 280 g/mol. The van der Waals surface area contributed by atoms with Crippen LogP contribution in [0.5, 0.6) is 11.5 Å². The second-order valence-electron chi connectivity index (χ2n) is 4.77. The molecule has 104 valence electrons. The highest BCUT2D eigenvalue weighted by Gasteiger charge is 2.13. The Morgan fingerprint density at radius 1 is 0.905 bits per heavy atom. The zero-order valence-electron chi connectivity index (χ0n) is 11.4. The predicted molar refractivity (Wildman–Crippen MR) is 76.3 cm³/mol. The lowest BCUT2D eigenvalue weighted by molar-refractivity contribution is 0.171. The fourth-order valence-corrected chi connectivity index (χ4v) is 2.23. The van der Waals surface area contributed by atoms with Crippen LogP contribution in [0.15, 0.2) is 30.6 Å². The maximum absolute atomic E-state index is 5.59. The molecule has 0 amide bonds. The molecule has 3 aromatic rings. The van der Waals surface area contributed by atoms with Crippen LogP contribution in [0.1, 0.15) is 5.69 Å². The van der Waals surface area contributed by atoms with E-state index in [2.05, 4.69) is 19.9 Å². The van der Waals surface area contributed by atoms with Crippen molar-refractivity contribution in [3.8, 4) is 22.8 Å². The van der Waals surface area contributed by atoms with E-state index >= 15 is 0 Å². The first kappa shape index (κ1) is 12.0. The van der Waals surface area contributed by atoms with E-state index in [0.29, 0.717) is 24.5 Å². The van der Waals surface area contributed by atoms with Crippen LogP contribution >= 0.6 is 0 Å². The Morgan fingerprint density at radius 3 is 2.57 bits per heavy atom. The van der Waals surface area contributed by atoms with Gasteiger partial charge in [0.25, 0.3) is 0 Å². The Bertz CT molecular complexity index is 835. The van der Waals surface area contributed by atoms with Gasteiger partial charge in [0, 0.05) is 5.56 Å². The maximum Gasteiger partial charge on any atom is 0.198 e. The summed E-state index contributed by atoms with van der Waals surface area (Å²) in [6.45, 7) is 3.02. The highest BCUT2D eigenvalue weighted by Crippen LogP contribution is 2.33. The van der Waals surface area contributed by atoms with Crippen molar-refractivity contribution < 1.29 is 9.47 Å². The van der Waals surface area contributed by atoms with E-state index in [0.717, 1.165) is 28.5 Å². The van der Waals surface area contributed by atoms with Crippen molar-refractivity contribution in [2.24, 2.45) is 0 Å². The zero-order chi connectivity index (χ0) is 14.2. The summed E-state index contributed by atoms with van der Waals surface area (Å²) in [7, 11) is 0. The summed E-state index contributed by atoms with van der Waals surface area (Å²) in [5.74, 6) is 1.49. The lowest BCUT2D eigenvalue weighted by Crippen LogP contribution is -2.15. The molecular weight excluding hydrogens is 268 g/mol. The summed E-state index contributed by atoms with van der Waals surface area (Å²) < 4.78 is 11.1. The molecule has 21 heavy (non-hydrogen) atoms. The molecule has 0 atom stereocenters. The first-order chi connectivity index (χ1) is 10.3. The number of rotatable bonds is 1. The van der Waals surface area contributed by atoms with Gasteiger partial charge in [-0.3, -0.25) is 0 Å². The molecule has 6 heteroatoms. The van der Waals surface area contributed by atoms with Crippen molar-refractivity contribution in [3.63, 3.8) is 0 Å². The molecule has 0 unspecified atom stereocenters. The molecule has 1 aliphatic heterocycles. The SMILES string of the molecule is Cc1cnc2nc(-c3ccc4c(c3)OCCO4)cnc2n1. The first-order valence-electron chi connectivity index (χ1n) is 6.66. The van der Waals surface area contributed by atoms with Crippen molar-refractivity contribution in [2.75, 3.05) is 13.2 Å². The van der Waals surface area contributed by atoms with Crippen LogP contribution in [0.4, 0.5) is 0 Å². The molecule has 1 aliphatic rings. The van der Waals surface area contributed by atoms with Crippen LogP contribution < -0.4 is 9.47 Å². The van der Waals surface area contributed by atoms with Gasteiger partial charge in [0.05, 0.1) is 23.8 Å². The second kappa shape index (κ2) is 4.66. The minimum Gasteiger partial charge on any atom is -0.486 e. The van der Waals surface area contributed by atoms with Gasteiger partial charge in [-0.05, 0) is 25.1 Å². The van der Waals surface area contributed by atoms with Crippen LogP contribution in [0.2, 0.25) is 0 Å². The quantitative estimate of drug-likeness (QED) is 0.680. The maximum atomic E-state index is 5.59. The fourth-order valence-electron chi connectivity index (χ4n) is 2.23. The Kier molecular flexibility index (Phi) is 2.67. The van der Waals surface area contributed by atoms with E-state index in [4.69, 9.17) is 9.47 Å². The van der Waals surface area contributed by atoms with E-state index in [9.17, 15) is 0 Å². The third-order valence-corrected chi connectivity index (χ3v) is 3.23. The molecule has 0 fully saturated rings. The molecule has 3 heterocycles. The predicted octanol–water partition coefficient (Wildman–Crippen LogP) is 2.17. The third kappa shape index (κ3) is 2.14. The zero-order valence-corrected chi connectivity index (χ0v) is 11.4. The van der Waals surface area contributed by atoms with Crippen molar-refractivity contribution in [2.45, 2.75) is 6.92 Å². The standard InChI is InChI=1S/C15H12N4O2/c1-9-7-16-15-14(18-9)17-8-11(19-15)10-2-3-12-13(6-10)21-5-4-20-12/h2-3,6-8H,4-5H2,1H3. The van der Waals surface area contributed by atoms with Gasteiger partial charge in [-0.25, -0.2) is 19.9 Å². The second-order valence-corrected chi connectivity index (χ2v) is 4.77. The minimum absolute atomic E-state index is 0.535. The van der Waals surface area contributed by atoms with E-state index in [1.807, 2.05) is 25.1 Å². The molecular formula is C15H12N4O2. The lowest BCUT2D eigenvalue weighted by Gasteiger charge is -2.18. The summed E-state index contributed by atoms with van der Waals surface area (Å²) in [6.07, 6.45) is 3.38. The van der Waals surface area contributed by atoms with Crippen LogP contribution in [0.25, 0.3) is 22.6 Å². The molecule has 2 aromatic heterocycles. The minimum atomic E-state index is 0.535. The number of hydrogen-bond donors (Lipinski definition) is 0. The van der Waals surface area contributed by atoms with Crippen molar-refractivity contribution in [1.29, 1.82) is 0 Å². The summed E-state index contributed by atoms with van der Waals surface area (Å²) in [4.78, 5) is 17.4. The van der Waals surface area contributed by atoms with Gasteiger partial charge in [-0.15, -0.1) is 0 Å². The van der Waals surface area contributed by atoms with Gasteiger partial charge in [0.2, 0.25) is 0 Å². The molecule has 0 N–H and O–H groups in total. The van der Waals surface area contributed by atoms with E-state index in [1.165, 1.54) is 0 Å². The highest BCUT2D eigenvalue weighted by molar-refractivity contribution is 5.71. The van der Waals surface area contributed by atoms with Crippen LogP contribution in [0, 0.1) is 6.92 Å². The molecule has 0 saturated carbocycles. The normalized spacial score (nSPS) is 13.4. The molecule has 0 bridgehead atoms. The van der Waals surface area contributed by atoms with Crippen LogP contribution in [-0.2, 0) is 0 Å². The summed E-state index contributed by atoms with van der Waals surface area (Å²) in [5.41, 5.74) is 3.56.